The molecule has 0 fully saturated rings. The Hall–Kier alpha value is -1.91. The van der Waals surface area contributed by atoms with E-state index in [0.717, 1.165) is 41.8 Å². The number of pyridine rings is 1. The van der Waals surface area contributed by atoms with Crippen LogP contribution in [0.2, 0.25) is 0 Å². The number of thiophene rings is 1. The molecule has 2 heterocycles. The maximum Gasteiger partial charge on any atom is 0.0726 e. The normalized spacial score (nSPS) is 11.3. The van der Waals surface area contributed by atoms with Crippen molar-refractivity contribution in [3.8, 4) is 0 Å². The van der Waals surface area contributed by atoms with Crippen LogP contribution in [0.3, 0.4) is 0 Å². The number of nitrogens with two attached hydrogens (primary N) is 1. The van der Waals surface area contributed by atoms with Gasteiger partial charge in [0, 0.05) is 29.0 Å². The number of nitrogens with zero attached hydrogens (tertiary/aromatic N) is 2. The lowest BCUT2D eigenvalue weighted by molar-refractivity contribution is 0.328. The van der Waals surface area contributed by atoms with Crippen LogP contribution in [0, 0.1) is 0 Å². The smallest absolute Gasteiger partial charge is 0.0726 e. The van der Waals surface area contributed by atoms with E-state index in [2.05, 4.69) is 29.5 Å². The Kier molecular flexibility index (Phi) is 4.18. The largest absolute Gasteiger partial charge is 0.398 e. The summed E-state index contributed by atoms with van der Waals surface area (Å²) in [7, 11) is 2.13. The number of benzene rings is 1. The van der Waals surface area contributed by atoms with Gasteiger partial charge in [0.05, 0.1) is 11.2 Å². The van der Waals surface area contributed by atoms with Crippen molar-refractivity contribution in [3.05, 3.63) is 58.4 Å². The highest BCUT2D eigenvalue weighted by Gasteiger charge is 2.06. The van der Waals surface area contributed by atoms with Gasteiger partial charge in [0.1, 0.15) is 0 Å². The molecule has 108 valence electrons. The van der Waals surface area contributed by atoms with E-state index in [4.69, 9.17) is 10.7 Å². The van der Waals surface area contributed by atoms with Crippen LogP contribution in [0.4, 0.5) is 5.69 Å². The van der Waals surface area contributed by atoms with Crippen LogP contribution >= 0.6 is 11.3 Å². The molecule has 2 N–H and O–H groups in total. The first-order valence-corrected chi connectivity index (χ1v) is 7.95. The molecule has 3 nitrogen and oxygen atoms in total. The van der Waals surface area contributed by atoms with E-state index in [-0.39, 0.29) is 0 Å². The highest BCUT2D eigenvalue weighted by molar-refractivity contribution is 7.09. The Morgan fingerprint density at radius 1 is 1.19 bits per heavy atom. The molecule has 0 atom stereocenters. The van der Waals surface area contributed by atoms with Crippen LogP contribution in [-0.4, -0.2) is 23.5 Å². The maximum absolute atomic E-state index is 6.13. The van der Waals surface area contributed by atoms with E-state index in [9.17, 15) is 0 Å². The van der Waals surface area contributed by atoms with Crippen molar-refractivity contribution in [3.63, 3.8) is 0 Å². The van der Waals surface area contributed by atoms with Gasteiger partial charge >= 0.3 is 0 Å². The van der Waals surface area contributed by atoms with Crippen LogP contribution < -0.4 is 5.73 Å². The molecule has 0 bridgehead atoms. The van der Waals surface area contributed by atoms with E-state index in [0.29, 0.717) is 0 Å². The number of hydrogen-bond donors (Lipinski definition) is 1. The highest BCUT2D eigenvalue weighted by Crippen LogP contribution is 2.20. The number of aromatic nitrogens is 1. The quantitative estimate of drug-likeness (QED) is 0.783. The van der Waals surface area contributed by atoms with Crippen molar-refractivity contribution < 1.29 is 0 Å². The SMILES string of the molecule is CN(CCc1cccs1)Cc1cc(N)c2ccccc2n1. The second-order valence-electron chi connectivity index (χ2n) is 5.29. The third kappa shape index (κ3) is 3.40. The summed E-state index contributed by atoms with van der Waals surface area (Å²) in [5.41, 5.74) is 8.93. The second kappa shape index (κ2) is 6.24. The number of para-hydroxylation sites is 1. The Balaban J connectivity index is 1.69. The predicted octanol–water partition coefficient (Wildman–Crippen LogP) is 3.55. The minimum absolute atomic E-state index is 0.808. The van der Waals surface area contributed by atoms with Crippen molar-refractivity contribution in [2.75, 3.05) is 19.3 Å². The second-order valence-corrected chi connectivity index (χ2v) is 6.32. The molecule has 0 aliphatic carbocycles. The van der Waals surface area contributed by atoms with Gasteiger partial charge in [-0.05, 0) is 37.0 Å². The summed E-state index contributed by atoms with van der Waals surface area (Å²) in [6, 6.07) is 14.3. The Morgan fingerprint density at radius 2 is 2.05 bits per heavy atom. The summed E-state index contributed by atoms with van der Waals surface area (Å²) in [4.78, 5) is 8.41. The van der Waals surface area contributed by atoms with Crippen LogP contribution in [0.1, 0.15) is 10.6 Å². The molecule has 3 aromatic rings. The number of hydrogen-bond acceptors (Lipinski definition) is 4. The van der Waals surface area contributed by atoms with Crippen LogP contribution in [-0.2, 0) is 13.0 Å². The average molecular weight is 297 g/mol. The molecule has 0 spiro atoms. The number of nitrogen functional groups attached to an aromatic ring is 1. The lowest BCUT2D eigenvalue weighted by atomic mass is 10.1. The topological polar surface area (TPSA) is 42.1 Å². The first-order valence-electron chi connectivity index (χ1n) is 7.07. The number of rotatable bonds is 5. The van der Waals surface area contributed by atoms with Crippen LogP contribution in [0.15, 0.2) is 47.8 Å². The summed E-state index contributed by atoms with van der Waals surface area (Å²) >= 11 is 1.81. The van der Waals surface area contributed by atoms with Gasteiger partial charge in [0.25, 0.3) is 0 Å². The summed E-state index contributed by atoms with van der Waals surface area (Å²) in [6.45, 7) is 1.84. The molecular weight excluding hydrogens is 278 g/mol. The summed E-state index contributed by atoms with van der Waals surface area (Å²) in [5, 5.41) is 3.16. The van der Waals surface area contributed by atoms with Gasteiger partial charge in [-0.25, -0.2) is 0 Å². The van der Waals surface area contributed by atoms with E-state index in [1.54, 1.807) is 0 Å². The lowest BCUT2D eigenvalue weighted by Gasteiger charge is -2.16. The van der Waals surface area contributed by atoms with Crippen molar-refractivity contribution in [2.45, 2.75) is 13.0 Å². The zero-order valence-electron chi connectivity index (χ0n) is 12.1. The number of anilines is 1. The van der Waals surface area contributed by atoms with Gasteiger partial charge in [0.15, 0.2) is 0 Å². The maximum atomic E-state index is 6.13. The molecule has 3 rings (SSSR count). The minimum atomic E-state index is 0.808. The Bertz CT molecular complexity index is 722. The third-order valence-corrected chi connectivity index (χ3v) is 4.49. The van der Waals surface area contributed by atoms with E-state index < -0.39 is 0 Å². The van der Waals surface area contributed by atoms with Gasteiger partial charge in [-0.3, -0.25) is 4.98 Å². The van der Waals surface area contributed by atoms with E-state index in [1.807, 2.05) is 41.7 Å². The zero-order valence-corrected chi connectivity index (χ0v) is 12.9. The molecule has 1 aromatic carbocycles. The fourth-order valence-corrected chi connectivity index (χ4v) is 3.15. The number of fused-ring (bicyclic) bond motifs is 1. The van der Waals surface area contributed by atoms with Crippen molar-refractivity contribution in [1.82, 2.24) is 9.88 Å². The van der Waals surface area contributed by atoms with Crippen LogP contribution in [0.25, 0.3) is 10.9 Å². The Labute approximate surface area is 129 Å². The highest BCUT2D eigenvalue weighted by atomic mass is 32.1. The van der Waals surface area contributed by atoms with Crippen molar-refractivity contribution in [2.24, 2.45) is 0 Å². The molecule has 4 heteroatoms. The molecule has 0 amide bonds. The van der Waals surface area contributed by atoms with Gasteiger partial charge in [-0.15, -0.1) is 11.3 Å². The molecule has 0 radical (unpaired) electrons. The lowest BCUT2D eigenvalue weighted by Crippen LogP contribution is -2.21. The van der Waals surface area contributed by atoms with Gasteiger partial charge in [0.2, 0.25) is 0 Å². The van der Waals surface area contributed by atoms with Crippen LogP contribution in [0.5, 0.6) is 0 Å². The molecule has 0 saturated carbocycles. The minimum Gasteiger partial charge on any atom is -0.398 e. The standard InChI is InChI=1S/C17H19N3S/c1-20(9-8-14-5-4-10-21-14)12-13-11-16(18)15-6-2-3-7-17(15)19-13/h2-7,10-11H,8-9,12H2,1H3,(H2,18,19). The molecular formula is C17H19N3S. The van der Waals surface area contributed by atoms with Gasteiger partial charge < -0.3 is 10.6 Å². The zero-order chi connectivity index (χ0) is 14.7. The van der Waals surface area contributed by atoms with Crippen molar-refractivity contribution in [1.29, 1.82) is 0 Å². The van der Waals surface area contributed by atoms with Crippen molar-refractivity contribution >= 4 is 27.9 Å². The summed E-state index contributed by atoms with van der Waals surface area (Å²) in [6.07, 6.45) is 1.08. The monoisotopic (exact) mass is 297 g/mol. The molecule has 2 aromatic heterocycles. The van der Waals surface area contributed by atoms with Gasteiger partial charge in [-0.2, -0.15) is 0 Å². The third-order valence-electron chi connectivity index (χ3n) is 3.55. The van der Waals surface area contributed by atoms with E-state index >= 15 is 0 Å². The fourth-order valence-electron chi connectivity index (χ4n) is 2.45. The fraction of sp³-hybridized carbons (Fsp3) is 0.235. The average Bonchev–Trinajstić information content (AvgIpc) is 2.98. The summed E-state index contributed by atoms with van der Waals surface area (Å²) < 4.78 is 0. The first-order chi connectivity index (χ1) is 10.2. The first kappa shape index (κ1) is 14.0. The molecule has 0 aliphatic heterocycles. The van der Waals surface area contributed by atoms with E-state index in [1.165, 1.54) is 4.88 Å². The Morgan fingerprint density at radius 3 is 2.86 bits per heavy atom. The number of likely N-dealkylation sites (N-methyl/N-ethyl adjacent to an activating group) is 1. The summed E-state index contributed by atoms with van der Waals surface area (Å²) in [5.74, 6) is 0. The predicted molar refractivity (Wildman–Crippen MR) is 90.5 cm³/mol. The van der Waals surface area contributed by atoms with Gasteiger partial charge in [-0.1, -0.05) is 24.3 Å². The molecule has 0 unspecified atom stereocenters. The molecule has 21 heavy (non-hydrogen) atoms. The molecule has 0 aliphatic rings. The molecule has 0 saturated heterocycles.